The maximum absolute atomic E-state index is 12.3. The lowest BCUT2D eigenvalue weighted by atomic mass is 10.0. The first-order valence-corrected chi connectivity index (χ1v) is 9.86. The number of amides is 1. The molecule has 2 aromatic carbocycles. The fraction of sp³-hybridized carbons (Fsp3) is 0.208. The second kappa shape index (κ2) is 8.37. The van der Waals surface area contributed by atoms with Crippen LogP contribution < -0.4 is 10.1 Å². The molecule has 1 N–H and O–H groups in total. The third-order valence-electron chi connectivity index (χ3n) is 4.99. The number of aryl methyl sites for hydroxylation is 3. The smallest absolute Gasteiger partial charge is 0.258 e. The Morgan fingerprint density at radius 1 is 1.07 bits per heavy atom. The van der Waals surface area contributed by atoms with Crippen LogP contribution in [0.1, 0.15) is 16.8 Å². The number of pyridine rings is 1. The highest BCUT2D eigenvalue weighted by atomic mass is 16.5. The topological polar surface area (TPSA) is 69.0 Å². The summed E-state index contributed by atoms with van der Waals surface area (Å²) in [5.41, 5.74) is 5.90. The first-order valence-electron chi connectivity index (χ1n) is 9.86. The highest BCUT2D eigenvalue weighted by Crippen LogP contribution is 2.32. The SMILES string of the molecule is Cc1ccc(CNC(=O)COc2cc(-c3ccccc3)c3c(C)nn(C)c3n2)cc1. The lowest BCUT2D eigenvalue weighted by Gasteiger charge is -2.10. The van der Waals surface area contributed by atoms with Crippen LogP contribution in [0.3, 0.4) is 0 Å². The van der Waals surface area contributed by atoms with E-state index in [2.05, 4.69) is 15.4 Å². The number of carbonyl (C=O) groups is 1. The minimum absolute atomic E-state index is 0.102. The van der Waals surface area contributed by atoms with Gasteiger partial charge in [0, 0.05) is 19.7 Å². The van der Waals surface area contributed by atoms with Crippen molar-refractivity contribution in [1.29, 1.82) is 0 Å². The second-order valence-electron chi connectivity index (χ2n) is 7.33. The van der Waals surface area contributed by atoms with Crippen molar-refractivity contribution in [2.75, 3.05) is 6.61 Å². The van der Waals surface area contributed by atoms with Gasteiger partial charge in [0.2, 0.25) is 5.88 Å². The van der Waals surface area contributed by atoms with Crippen LogP contribution in [-0.4, -0.2) is 27.3 Å². The molecule has 1 amide bonds. The quantitative estimate of drug-likeness (QED) is 0.532. The molecule has 0 aliphatic heterocycles. The van der Waals surface area contributed by atoms with Gasteiger partial charge in [-0.05, 0) is 30.5 Å². The van der Waals surface area contributed by atoms with E-state index in [0.717, 1.165) is 33.4 Å². The lowest BCUT2D eigenvalue weighted by Crippen LogP contribution is -2.28. The first-order chi connectivity index (χ1) is 14.5. The number of nitrogens with zero attached hydrogens (tertiary/aromatic N) is 3. The number of hydrogen-bond acceptors (Lipinski definition) is 4. The van der Waals surface area contributed by atoms with Crippen LogP contribution in [0.5, 0.6) is 5.88 Å². The van der Waals surface area contributed by atoms with Gasteiger partial charge in [0.15, 0.2) is 12.3 Å². The number of ether oxygens (including phenoxy) is 1. The first kappa shape index (κ1) is 19.6. The molecule has 6 heteroatoms. The van der Waals surface area contributed by atoms with E-state index in [1.54, 1.807) is 4.68 Å². The van der Waals surface area contributed by atoms with E-state index >= 15 is 0 Å². The van der Waals surface area contributed by atoms with E-state index in [1.165, 1.54) is 5.56 Å². The molecule has 2 aromatic heterocycles. The third-order valence-corrected chi connectivity index (χ3v) is 4.99. The van der Waals surface area contributed by atoms with Gasteiger partial charge < -0.3 is 10.1 Å². The summed E-state index contributed by atoms with van der Waals surface area (Å²) in [4.78, 5) is 16.8. The summed E-state index contributed by atoms with van der Waals surface area (Å²) in [6, 6.07) is 20.0. The molecule has 0 unspecified atom stereocenters. The predicted octanol–water partition coefficient (Wildman–Crippen LogP) is 3.95. The molecule has 4 aromatic rings. The molecule has 4 rings (SSSR count). The average molecular weight is 400 g/mol. The van der Waals surface area contributed by atoms with Crippen LogP contribution in [-0.2, 0) is 18.4 Å². The molecule has 2 heterocycles. The van der Waals surface area contributed by atoms with Crippen LogP contribution in [0.4, 0.5) is 0 Å². The van der Waals surface area contributed by atoms with Gasteiger partial charge in [-0.3, -0.25) is 9.48 Å². The Hall–Kier alpha value is -3.67. The van der Waals surface area contributed by atoms with Gasteiger partial charge in [0.1, 0.15) is 0 Å². The van der Waals surface area contributed by atoms with Crippen LogP contribution in [0.15, 0.2) is 60.7 Å². The van der Waals surface area contributed by atoms with E-state index in [0.29, 0.717) is 12.4 Å². The van der Waals surface area contributed by atoms with Crippen LogP contribution >= 0.6 is 0 Å². The molecule has 0 atom stereocenters. The Balaban J connectivity index is 1.52. The number of hydrogen-bond donors (Lipinski definition) is 1. The highest BCUT2D eigenvalue weighted by Gasteiger charge is 2.16. The summed E-state index contributed by atoms with van der Waals surface area (Å²) in [5.74, 6) is 0.203. The van der Waals surface area contributed by atoms with Crippen molar-refractivity contribution in [3.63, 3.8) is 0 Å². The zero-order valence-corrected chi connectivity index (χ0v) is 17.3. The molecule has 0 aliphatic rings. The molecule has 30 heavy (non-hydrogen) atoms. The Labute approximate surface area is 175 Å². The predicted molar refractivity (Wildman–Crippen MR) is 117 cm³/mol. The minimum atomic E-state index is -0.195. The van der Waals surface area contributed by atoms with Gasteiger partial charge in [-0.1, -0.05) is 60.2 Å². The zero-order valence-electron chi connectivity index (χ0n) is 17.3. The maximum Gasteiger partial charge on any atom is 0.258 e. The van der Waals surface area contributed by atoms with E-state index in [1.807, 2.05) is 81.6 Å². The summed E-state index contributed by atoms with van der Waals surface area (Å²) >= 11 is 0. The van der Waals surface area contributed by atoms with Gasteiger partial charge in [-0.15, -0.1) is 0 Å². The third kappa shape index (κ3) is 4.17. The molecule has 0 saturated carbocycles. The van der Waals surface area contributed by atoms with Crippen molar-refractivity contribution >= 4 is 16.9 Å². The van der Waals surface area contributed by atoms with Crippen LogP contribution in [0.25, 0.3) is 22.2 Å². The number of rotatable bonds is 6. The number of benzene rings is 2. The lowest BCUT2D eigenvalue weighted by molar-refractivity contribution is -0.123. The second-order valence-corrected chi connectivity index (χ2v) is 7.33. The van der Waals surface area contributed by atoms with Crippen molar-refractivity contribution in [2.45, 2.75) is 20.4 Å². The summed E-state index contributed by atoms with van der Waals surface area (Å²) in [6.45, 7) is 4.36. The Morgan fingerprint density at radius 2 is 1.80 bits per heavy atom. The monoisotopic (exact) mass is 400 g/mol. The molecule has 0 spiro atoms. The van der Waals surface area contributed by atoms with Gasteiger partial charge in [0.25, 0.3) is 5.91 Å². The molecule has 0 fully saturated rings. The molecule has 0 saturated heterocycles. The molecular weight excluding hydrogens is 376 g/mol. The fourth-order valence-electron chi connectivity index (χ4n) is 3.44. The Kier molecular flexibility index (Phi) is 5.48. The highest BCUT2D eigenvalue weighted by molar-refractivity contribution is 5.95. The van der Waals surface area contributed by atoms with Gasteiger partial charge in [0.05, 0.1) is 11.1 Å². The van der Waals surface area contributed by atoms with E-state index in [9.17, 15) is 4.79 Å². The number of aromatic nitrogens is 3. The minimum Gasteiger partial charge on any atom is -0.467 e. The van der Waals surface area contributed by atoms with E-state index in [-0.39, 0.29) is 12.5 Å². The summed E-state index contributed by atoms with van der Waals surface area (Å²) in [7, 11) is 1.86. The largest absolute Gasteiger partial charge is 0.467 e. The summed E-state index contributed by atoms with van der Waals surface area (Å²) in [5, 5.41) is 8.37. The molecule has 0 radical (unpaired) electrons. The Bertz CT molecular complexity index is 1180. The number of fused-ring (bicyclic) bond motifs is 1. The fourth-order valence-corrected chi connectivity index (χ4v) is 3.44. The van der Waals surface area contributed by atoms with Gasteiger partial charge >= 0.3 is 0 Å². The van der Waals surface area contributed by atoms with Crippen molar-refractivity contribution in [2.24, 2.45) is 7.05 Å². The zero-order chi connectivity index (χ0) is 21.1. The normalized spacial score (nSPS) is 10.9. The van der Waals surface area contributed by atoms with Crippen molar-refractivity contribution < 1.29 is 9.53 Å². The summed E-state index contributed by atoms with van der Waals surface area (Å²) in [6.07, 6.45) is 0. The number of nitrogens with one attached hydrogen (secondary N) is 1. The number of carbonyl (C=O) groups excluding carboxylic acids is 1. The van der Waals surface area contributed by atoms with Crippen molar-refractivity contribution in [3.05, 3.63) is 77.5 Å². The molecule has 152 valence electrons. The maximum atomic E-state index is 12.3. The molecule has 0 bridgehead atoms. The van der Waals surface area contributed by atoms with Gasteiger partial charge in [-0.25, -0.2) is 0 Å². The van der Waals surface area contributed by atoms with Crippen molar-refractivity contribution in [1.82, 2.24) is 20.1 Å². The standard InChI is InChI=1S/C24H24N4O2/c1-16-9-11-18(12-10-16)14-25-21(29)15-30-22-13-20(19-7-5-4-6-8-19)23-17(2)27-28(3)24(23)26-22/h4-13H,14-15H2,1-3H3,(H,25,29). The van der Waals surface area contributed by atoms with E-state index in [4.69, 9.17) is 4.74 Å². The summed E-state index contributed by atoms with van der Waals surface area (Å²) < 4.78 is 7.48. The van der Waals surface area contributed by atoms with E-state index < -0.39 is 0 Å². The van der Waals surface area contributed by atoms with Crippen molar-refractivity contribution in [3.8, 4) is 17.0 Å². The Morgan fingerprint density at radius 3 is 2.53 bits per heavy atom. The molecular formula is C24H24N4O2. The average Bonchev–Trinajstić information content (AvgIpc) is 3.05. The van der Waals surface area contributed by atoms with Crippen LogP contribution in [0.2, 0.25) is 0 Å². The molecule has 6 nitrogen and oxygen atoms in total. The van der Waals surface area contributed by atoms with Crippen LogP contribution in [0, 0.1) is 13.8 Å². The van der Waals surface area contributed by atoms with Gasteiger partial charge in [-0.2, -0.15) is 10.1 Å². The molecule has 0 aliphatic carbocycles.